The van der Waals surface area contributed by atoms with Crippen LogP contribution in [-0.4, -0.2) is 36.3 Å². The molecule has 118 valence electrons. The van der Waals surface area contributed by atoms with Gasteiger partial charge in [0.1, 0.15) is 12.4 Å². The molecular formula is C15H17N7O. The van der Waals surface area contributed by atoms with Gasteiger partial charge in [-0.2, -0.15) is 5.10 Å². The standard InChI is InChI=1S/C15H17N7O/c1-11-13(9-17-19-11)8-16-15(23)14(22-10-18-20-21-22)7-12-5-3-2-4-6-12/h2-6,9-10,14H,7-8H2,1H3,(H,16,23)(H,17,19). The van der Waals surface area contributed by atoms with Crippen molar-refractivity contribution in [1.29, 1.82) is 0 Å². The predicted octanol–water partition coefficient (Wildman–Crippen LogP) is 0.805. The zero-order valence-electron chi connectivity index (χ0n) is 12.7. The minimum absolute atomic E-state index is 0.137. The Kier molecular flexibility index (Phi) is 4.41. The van der Waals surface area contributed by atoms with E-state index in [2.05, 4.69) is 31.0 Å². The van der Waals surface area contributed by atoms with Gasteiger partial charge in [-0.15, -0.1) is 5.10 Å². The van der Waals surface area contributed by atoms with Crippen LogP contribution in [0.15, 0.2) is 42.9 Å². The number of rotatable bonds is 6. The Morgan fingerprint density at radius 1 is 1.35 bits per heavy atom. The van der Waals surface area contributed by atoms with Gasteiger partial charge in [-0.25, -0.2) is 4.68 Å². The summed E-state index contributed by atoms with van der Waals surface area (Å²) < 4.78 is 1.48. The lowest BCUT2D eigenvalue weighted by Gasteiger charge is -2.16. The number of carbonyl (C=O) groups is 1. The smallest absolute Gasteiger partial charge is 0.245 e. The highest BCUT2D eigenvalue weighted by atomic mass is 16.2. The maximum Gasteiger partial charge on any atom is 0.245 e. The number of nitrogens with zero attached hydrogens (tertiary/aromatic N) is 5. The fourth-order valence-electron chi connectivity index (χ4n) is 2.31. The van der Waals surface area contributed by atoms with Crippen molar-refractivity contribution in [2.45, 2.75) is 25.9 Å². The fourth-order valence-corrected chi connectivity index (χ4v) is 2.31. The van der Waals surface area contributed by atoms with Crippen molar-refractivity contribution < 1.29 is 4.79 Å². The van der Waals surface area contributed by atoms with Gasteiger partial charge in [0.15, 0.2) is 0 Å². The molecule has 0 aliphatic heterocycles. The highest BCUT2D eigenvalue weighted by Crippen LogP contribution is 2.13. The Bertz CT molecular complexity index is 751. The zero-order valence-corrected chi connectivity index (χ0v) is 12.7. The van der Waals surface area contributed by atoms with E-state index in [1.807, 2.05) is 37.3 Å². The van der Waals surface area contributed by atoms with E-state index >= 15 is 0 Å². The van der Waals surface area contributed by atoms with Crippen molar-refractivity contribution in [3.8, 4) is 0 Å². The van der Waals surface area contributed by atoms with Crippen molar-refractivity contribution >= 4 is 5.91 Å². The fraction of sp³-hybridized carbons (Fsp3) is 0.267. The molecule has 3 rings (SSSR count). The average molecular weight is 311 g/mol. The molecule has 2 N–H and O–H groups in total. The van der Waals surface area contributed by atoms with E-state index in [0.29, 0.717) is 13.0 Å². The number of aromatic nitrogens is 6. The Morgan fingerprint density at radius 3 is 2.83 bits per heavy atom. The Balaban J connectivity index is 1.72. The molecule has 0 fully saturated rings. The molecule has 1 atom stereocenters. The number of H-pyrrole nitrogens is 1. The third-order valence-corrected chi connectivity index (χ3v) is 3.65. The molecule has 8 nitrogen and oxygen atoms in total. The highest BCUT2D eigenvalue weighted by Gasteiger charge is 2.22. The second-order valence-electron chi connectivity index (χ2n) is 5.23. The quantitative estimate of drug-likeness (QED) is 0.701. The van der Waals surface area contributed by atoms with Crippen LogP contribution in [0.2, 0.25) is 0 Å². The van der Waals surface area contributed by atoms with Crippen molar-refractivity contribution in [3.63, 3.8) is 0 Å². The van der Waals surface area contributed by atoms with E-state index in [4.69, 9.17) is 0 Å². The third kappa shape index (κ3) is 3.60. The minimum atomic E-state index is -0.500. The van der Waals surface area contributed by atoms with Crippen LogP contribution in [0.5, 0.6) is 0 Å². The predicted molar refractivity (Wildman–Crippen MR) is 82.2 cm³/mol. The summed E-state index contributed by atoms with van der Waals surface area (Å²) in [4.78, 5) is 12.6. The van der Waals surface area contributed by atoms with Crippen LogP contribution in [0.3, 0.4) is 0 Å². The third-order valence-electron chi connectivity index (χ3n) is 3.65. The largest absolute Gasteiger partial charge is 0.350 e. The van der Waals surface area contributed by atoms with Crippen LogP contribution < -0.4 is 5.32 Å². The van der Waals surface area contributed by atoms with Crippen LogP contribution >= 0.6 is 0 Å². The molecule has 0 saturated heterocycles. The topological polar surface area (TPSA) is 101 Å². The van der Waals surface area contributed by atoms with Crippen LogP contribution in [0.4, 0.5) is 0 Å². The Labute approximate surface area is 132 Å². The maximum absolute atomic E-state index is 12.6. The summed E-state index contributed by atoms with van der Waals surface area (Å²) in [7, 11) is 0. The number of nitrogens with one attached hydrogen (secondary N) is 2. The molecule has 2 heterocycles. The minimum Gasteiger partial charge on any atom is -0.350 e. The highest BCUT2D eigenvalue weighted by molar-refractivity contribution is 5.80. The van der Waals surface area contributed by atoms with Gasteiger partial charge in [0.05, 0.1) is 6.20 Å². The first-order valence-corrected chi connectivity index (χ1v) is 7.27. The molecule has 1 unspecified atom stereocenters. The summed E-state index contributed by atoms with van der Waals surface area (Å²) >= 11 is 0. The summed E-state index contributed by atoms with van der Waals surface area (Å²) in [6.45, 7) is 2.33. The Hall–Kier alpha value is -3.03. The number of aromatic amines is 1. The van der Waals surface area contributed by atoms with Crippen molar-refractivity contribution in [2.24, 2.45) is 0 Å². The van der Waals surface area contributed by atoms with Gasteiger partial charge in [-0.3, -0.25) is 9.89 Å². The first-order chi connectivity index (χ1) is 11.2. The van der Waals surface area contributed by atoms with Crippen molar-refractivity contribution in [3.05, 3.63) is 59.7 Å². The van der Waals surface area contributed by atoms with Gasteiger partial charge in [0.25, 0.3) is 0 Å². The maximum atomic E-state index is 12.6. The molecule has 23 heavy (non-hydrogen) atoms. The number of benzene rings is 1. The molecule has 3 aromatic rings. The van der Waals surface area contributed by atoms with Gasteiger partial charge in [0.2, 0.25) is 5.91 Å². The molecule has 0 aliphatic rings. The van der Waals surface area contributed by atoms with Crippen molar-refractivity contribution in [1.82, 2.24) is 35.7 Å². The molecule has 0 bridgehead atoms. The van der Waals surface area contributed by atoms with E-state index in [-0.39, 0.29) is 5.91 Å². The molecular weight excluding hydrogens is 294 g/mol. The van der Waals surface area contributed by atoms with Crippen molar-refractivity contribution in [2.75, 3.05) is 0 Å². The van der Waals surface area contributed by atoms with Crippen LogP contribution in [0.25, 0.3) is 0 Å². The molecule has 8 heteroatoms. The number of hydrogen-bond acceptors (Lipinski definition) is 5. The first kappa shape index (κ1) is 14.9. The van der Waals surface area contributed by atoms with E-state index in [1.54, 1.807) is 6.20 Å². The first-order valence-electron chi connectivity index (χ1n) is 7.27. The van der Waals surface area contributed by atoms with Gasteiger partial charge < -0.3 is 5.32 Å². The van der Waals surface area contributed by atoms with E-state index < -0.39 is 6.04 Å². The van der Waals surface area contributed by atoms with Crippen LogP contribution in [0.1, 0.15) is 22.9 Å². The van der Waals surface area contributed by atoms with Crippen LogP contribution in [0, 0.1) is 6.92 Å². The molecule has 0 saturated carbocycles. The molecule has 1 amide bonds. The number of aryl methyl sites for hydroxylation is 1. The number of hydrogen-bond donors (Lipinski definition) is 2. The molecule has 0 spiro atoms. The summed E-state index contributed by atoms with van der Waals surface area (Å²) in [6, 6.07) is 9.28. The molecule has 1 aromatic carbocycles. The van der Waals surface area contributed by atoms with Gasteiger partial charge in [-0.1, -0.05) is 30.3 Å². The van der Waals surface area contributed by atoms with Gasteiger partial charge in [0, 0.05) is 24.2 Å². The SMILES string of the molecule is Cc1[nH]ncc1CNC(=O)C(Cc1ccccc1)n1cnnn1. The summed E-state index contributed by atoms with van der Waals surface area (Å²) in [5.41, 5.74) is 2.93. The van der Waals surface area contributed by atoms with E-state index in [9.17, 15) is 4.79 Å². The second kappa shape index (κ2) is 6.82. The van der Waals surface area contributed by atoms with Gasteiger partial charge >= 0.3 is 0 Å². The second-order valence-corrected chi connectivity index (χ2v) is 5.23. The number of tetrazole rings is 1. The Morgan fingerprint density at radius 2 is 2.17 bits per heavy atom. The van der Waals surface area contributed by atoms with Gasteiger partial charge in [-0.05, 0) is 22.9 Å². The normalized spacial score (nSPS) is 12.0. The summed E-state index contributed by atoms with van der Waals surface area (Å²) in [6.07, 6.45) is 3.68. The number of carbonyl (C=O) groups excluding carboxylic acids is 1. The van der Waals surface area contributed by atoms with Crippen LogP contribution in [-0.2, 0) is 17.8 Å². The average Bonchev–Trinajstić information content (AvgIpc) is 3.23. The zero-order chi connectivity index (χ0) is 16.1. The summed E-state index contributed by atoms with van der Waals surface area (Å²) in [5, 5.41) is 20.8. The lowest BCUT2D eigenvalue weighted by atomic mass is 10.1. The lowest BCUT2D eigenvalue weighted by Crippen LogP contribution is -2.34. The van der Waals surface area contributed by atoms with E-state index in [0.717, 1.165) is 16.8 Å². The number of amides is 1. The monoisotopic (exact) mass is 311 g/mol. The molecule has 2 aromatic heterocycles. The molecule has 0 aliphatic carbocycles. The van der Waals surface area contributed by atoms with E-state index in [1.165, 1.54) is 11.0 Å². The lowest BCUT2D eigenvalue weighted by molar-refractivity contribution is -0.124. The molecule has 0 radical (unpaired) electrons. The summed E-state index contributed by atoms with van der Waals surface area (Å²) in [5.74, 6) is -0.137.